The molecule has 0 saturated heterocycles. The van der Waals surface area contributed by atoms with E-state index in [1.807, 2.05) is 50.7 Å². The van der Waals surface area contributed by atoms with Gasteiger partial charge in [0.15, 0.2) is 0 Å². The molecule has 1 atom stereocenters. The summed E-state index contributed by atoms with van der Waals surface area (Å²) in [6.07, 6.45) is 0. The van der Waals surface area contributed by atoms with Crippen LogP contribution in [0, 0.1) is 6.92 Å². The molecule has 7 heteroatoms. The second-order valence-corrected chi connectivity index (χ2v) is 6.64. The number of nitrogens with one attached hydrogen (secondary N) is 2. The molecule has 2 amide bonds. The number of urea groups is 1. The Labute approximate surface area is 146 Å². The van der Waals surface area contributed by atoms with Gasteiger partial charge in [-0.1, -0.05) is 12.1 Å². The summed E-state index contributed by atoms with van der Waals surface area (Å²) in [4.78, 5) is 18.4. The van der Waals surface area contributed by atoms with Gasteiger partial charge < -0.3 is 20.3 Å². The molecule has 2 rings (SSSR count). The highest BCUT2D eigenvalue weighted by atomic mass is 32.1. The van der Waals surface area contributed by atoms with Gasteiger partial charge in [-0.15, -0.1) is 11.3 Å². The number of thiazole rings is 1. The molecule has 0 spiro atoms. The number of benzene rings is 1. The molecule has 6 nitrogen and oxygen atoms in total. The van der Waals surface area contributed by atoms with Gasteiger partial charge in [0.2, 0.25) is 0 Å². The predicted molar refractivity (Wildman–Crippen MR) is 96.5 cm³/mol. The van der Waals surface area contributed by atoms with Crippen LogP contribution in [-0.4, -0.2) is 43.7 Å². The molecule has 2 aromatic rings. The van der Waals surface area contributed by atoms with Crippen molar-refractivity contribution in [1.82, 2.24) is 20.5 Å². The average Bonchev–Trinajstić information content (AvgIpc) is 2.99. The van der Waals surface area contributed by atoms with E-state index in [1.165, 1.54) is 0 Å². The zero-order valence-electron chi connectivity index (χ0n) is 14.5. The van der Waals surface area contributed by atoms with E-state index < -0.39 is 0 Å². The van der Waals surface area contributed by atoms with Crippen molar-refractivity contribution in [2.75, 3.05) is 27.7 Å². The highest BCUT2D eigenvalue weighted by Crippen LogP contribution is 2.20. The Morgan fingerprint density at radius 3 is 2.54 bits per heavy atom. The number of methoxy groups -OCH3 is 1. The third-order valence-corrected chi connectivity index (χ3v) is 4.61. The van der Waals surface area contributed by atoms with E-state index in [0.29, 0.717) is 13.1 Å². The summed E-state index contributed by atoms with van der Waals surface area (Å²) in [5.41, 5.74) is 2.10. The fourth-order valence-corrected chi connectivity index (χ4v) is 3.03. The van der Waals surface area contributed by atoms with Gasteiger partial charge in [-0.2, -0.15) is 0 Å². The Hall–Kier alpha value is -2.12. The van der Waals surface area contributed by atoms with Crippen molar-refractivity contribution in [3.8, 4) is 5.75 Å². The minimum Gasteiger partial charge on any atom is -0.497 e. The van der Waals surface area contributed by atoms with Gasteiger partial charge in [0.05, 0.1) is 19.7 Å². The van der Waals surface area contributed by atoms with Crippen LogP contribution in [0.3, 0.4) is 0 Å². The number of aromatic nitrogens is 1. The van der Waals surface area contributed by atoms with Gasteiger partial charge in [-0.05, 0) is 38.7 Å². The molecule has 130 valence electrons. The molecule has 24 heavy (non-hydrogen) atoms. The minimum atomic E-state index is -0.191. The second kappa shape index (κ2) is 8.65. The van der Waals surface area contributed by atoms with Crippen LogP contribution in [0.2, 0.25) is 0 Å². The lowest BCUT2D eigenvalue weighted by Crippen LogP contribution is -2.40. The summed E-state index contributed by atoms with van der Waals surface area (Å²) in [7, 11) is 5.63. The van der Waals surface area contributed by atoms with Crippen LogP contribution in [0.4, 0.5) is 4.79 Å². The molecular formula is C17H24N4O2S. The number of rotatable bonds is 7. The van der Waals surface area contributed by atoms with Crippen LogP contribution in [-0.2, 0) is 6.54 Å². The normalized spacial score (nSPS) is 12.0. The zero-order valence-corrected chi connectivity index (χ0v) is 15.3. The maximum atomic E-state index is 12.0. The lowest BCUT2D eigenvalue weighted by Gasteiger charge is -2.25. The smallest absolute Gasteiger partial charge is 0.315 e. The third-order valence-electron chi connectivity index (χ3n) is 3.65. The molecule has 0 aliphatic heterocycles. The van der Waals surface area contributed by atoms with Crippen molar-refractivity contribution in [3.63, 3.8) is 0 Å². The van der Waals surface area contributed by atoms with Crippen molar-refractivity contribution in [3.05, 3.63) is 45.9 Å². The minimum absolute atomic E-state index is 0.0868. The Morgan fingerprint density at radius 2 is 2.00 bits per heavy atom. The lowest BCUT2D eigenvalue weighted by molar-refractivity contribution is 0.232. The lowest BCUT2D eigenvalue weighted by atomic mass is 10.1. The van der Waals surface area contributed by atoms with Gasteiger partial charge in [0.1, 0.15) is 10.8 Å². The highest BCUT2D eigenvalue weighted by molar-refractivity contribution is 7.09. The first-order valence-corrected chi connectivity index (χ1v) is 8.60. The Morgan fingerprint density at radius 1 is 1.29 bits per heavy atom. The fourth-order valence-electron chi connectivity index (χ4n) is 2.32. The monoisotopic (exact) mass is 348 g/mol. The maximum absolute atomic E-state index is 12.0. The molecule has 1 aromatic heterocycles. The van der Waals surface area contributed by atoms with Crippen LogP contribution in [0.1, 0.15) is 22.3 Å². The summed E-state index contributed by atoms with van der Waals surface area (Å²) < 4.78 is 5.19. The van der Waals surface area contributed by atoms with E-state index in [1.54, 1.807) is 18.4 Å². The van der Waals surface area contributed by atoms with E-state index in [2.05, 4.69) is 20.5 Å². The van der Waals surface area contributed by atoms with Gasteiger partial charge in [0.25, 0.3) is 0 Å². The molecule has 1 aromatic carbocycles. The van der Waals surface area contributed by atoms with Crippen molar-refractivity contribution >= 4 is 17.4 Å². The number of carbonyl (C=O) groups is 1. The predicted octanol–water partition coefficient (Wildman–Crippen LogP) is 2.56. The quantitative estimate of drug-likeness (QED) is 0.807. The third kappa shape index (κ3) is 5.21. The molecule has 0 bridgehead atoms. The number of carbonyl (C=O) groups excluding carboxylic acids is 1. The molecule has 0 aliphatic rings. The first kappa shape index (κ1) is 18.2. The highest BCUT2D eigenvalue weighted by Gasteiger charge is 2.15. The van der Waals surface area contributed by atoms with Crippen molar-refractivity contribution in [1.29, 1.82) is 0 Å². The molecule has 1 heterocycles. The van der Waals surface area contributed by atoms with Crippen LogP contribution >= 0.6 is 11.3 Å². The number of ether oxygens (including phenoxy) is 1. The van der Waals surface area contributed by atoms with Crippen LogP contribution in [0.25, 0.3) is 0 Å². The Balaban J connectivity index is 1.87. The first-order chi connectivity index (χ1) is 11.5. The summed E-state index contributed by atoms with van der Waals surface area (Å²) in [5, 5.41) is 8.64. The number of nitrogens with zero attached hydrogens (tertiary/aromatic N) is 2. The Bertz CT molecular complexity index is 655. The SMILES string of the molecule is COc1ccc([C@H](CNC(=O)NCc2nc(C)cs2)N(C)C)cc1. The molecule has 0 saturated carbocycles. The molecular weight excluding hydrogens is 324 g/mol. The number of hydrogen-bond donors (Lipinski definition) is 2. The molecule has 0 unspecified atom stereocenters. The standard InChI is InChI=1S/C17H24N4O2S/c1-12-11-24-16(20-12)10-19-17(22)18-9-15(21(2)3)13-5-7-14(23-4)8-6-13/h5-8,11,15H,9-10H2,1-4H3,(H2,18,19,22)/t15-/m0/s1. The molecule has 0 radical (unpaired) electrons. The fraction of sp³-hybridized carbons (Fsp3) is 0.412. The van der Waals surface area contributed by atoms with Crippen LogP contribution in [0.5, 0.6) is 5.75 Å². The first-order valence-electron chi connectivity index (χ1n) is 7.72. The van der Waals surface area contributed by atoms with E-state index in [-0.39, 0.29) is 12.1 Å². The Kier molecular flexibility index (Phi) is 6.57. The zero-order chi connectivity index (χ0) is 17.5. The number of aryl methyl sites for hydroxylation is 1. The van der Waals surface area contributed by atoms with Gasteiger partial charge in [-0.3, -0.25) is 0 Å². The topological polar surface area (TPSA) is 66.5 Å². The van der Waals surface area contributed by atoms with E-state index >= 15 is 0 Å². The summed E-state index contributed by atoms with van der Waals surface area (Å²) >= 11 is 1.55. The maximum Gasteiger partial charge on any atom is 0.315 e. The summed E-state index contributed by atoms with van der Waals surface area (Å²) in [6.45, 7) is 2.90. The van der Waals surface area contributed by atoms with Crippen molar-refractivity contribution in [2.45, 2.75) is 19.5 Å². The second-order valence-electron chi connectivity index (χ2n) is 5.70. The number of amides is 2. The van der Waals surface area contributed by atoms with E-state index in [9.17, 15) is 4.79 Å². The van der Waals surface area contributed by atoms with Gasteiger partial charge >= 0.3 is 6.03 Å². The summed E-state index contributed by atoms with van der Waals surface area (Å²) in [6, 6.07) is 7.78. The van der Waals surface area contributed by atoms with Crippen molar-refractivity contribution in [2.24, 2.45) is 0 Å². The molecule has 0 aliphatic carbocycles. The van der Waals surface area contributed by atoms with Crippen LogP contribution in [0.15, 0.2) is 29.6 Å². The van der Waals surface area contributed by atoms with E-state index in [0.717, 1.165) is 22.0 Å². The number of hydrogen-bond acceptors (Lipinski definition) is 5. The van der Waals surface area contributed by atoms with Gasteiger partial charge in [-0.25, -0.2) is 9.78 Å². The molecule has 0 fully saturated rings. The largest absolute Gasteiger partial charge is 0.497 e. The van der Waals surface area contributed by atoms with Crippen LogP contribution < -0.4 is 15.4 Å². The van der Waals surface area contributed by atoms with Crippen molar-refractivity contribution < 1.29 is 9.53 Å². The van der Waals surface area contributed by atoms with E-state index in [4.69, 9.17) is 4.74 Å². The number of likely N-dealkylation sites (N-methyl/N-ethyl adjacent to an activating group) is 1. The summed E-state index contributed by atoms with van der Waals surface area (Å²) in [5.74, 6) is 0.820. The van der Waals surface area contributed by atoms with Gasteiger partial charge in [0, 0.05) is 17.6 Å². The average molecular weight is 348 g/mol. The molecule has 2 N–H and O–H groups in total.